The van der Waals surface area contributed by atoms with Gasteiger partial charge in [0.25, 0.3) is 0 Å². The van der Waals surface area contributed by atoms with Gasteiger partial charge >= 0.3 is 0 Å². The Kier molecular flexibility index (Phi) is 3.18. The summed E-state index contributed by atoms with van der Waals surface area (Å²) in [5.41, 5.74) is 4.50. The fourth-order valence-electron chi connectivity index (χ4n) is 2.10. The van der Waals surface area contributed by atoms with Gasteiger partial charge < -0.3 is 0 Å². The molecule has 0 heterocycles. The normalized spacial score (nSPS) is 17.2. The maximum absolute atomic E-state index is 11.8. The summed E-state index contributed by atoms with van der Waals surface area (Å²) in [5, 5.41) is 0. The van der Waals surface area contributed by atoms with E-state index in [1.807, 2.05) is 25.1 Å². The van der Waals surface area contributed by atoms with Crippen molar-refractivity contribution in [1.82, 2.24) is 0 Å². The summed E-state index contributed by atoms with van der Waals surface area (Å²) in [6.07, 6.45) is 4.98. The van der Waals surface area contributed by atoms with Crippen LogP contribution in [0.3, 0.4) is 0 Å². The predicted molar refractivity (Wildman–Crippen MR) is 71.8 cm³/mol. The second-order valence-electron chi connectivity index (χ2n) is 4.46. The van der Waals surface area contributed by atoms with Crippen molar-refractivity contribution in [3.05, 3.63) is 52.6 Å². The summed E-state index contributed by atoms with van der Waals surface area (Å²) in [7, 11) is 0. The number of hydrogen-bond donors (Lipinski definition) is 0. The van der Waals surface area contributed by atoms with Crippen molar-refractivity contribution in [3.63, 3.8) is 0 Å². The van der Waals surface area contributed by atoms with Gasteiger partial charge in [0.15, 0.2) is 5.78 Å². The summed E-state index contributed by atoms with van der Waals surface area (Å²) in [4.78, 5) is 11.8. The number of benzene rings is 1. The van der Waals surface area contributed by atoms with Crippen LogP contribution in [0, 0.1) is 0 Å². The number of allylic oxidation sites excluding steroid dienone is 3. The van der Waals surface area contributed by atoms with Crippen LogP contribution in [0.15, 0.2) is 41.5 Å². The highest BCUT2D eigenvalue weighted by Gasteiger charge is 2.11. The van der Waals surface area contributed by atoms with Gasteiger partial charge in [0, 0.05) is 7.79 Å². The Morgan fingerprint density at radius 1 is 1.47 bits per heavy atom. The van der Waals surface area contributed by atoms with E-state index < -0.39 is 0 Å². The van der Waals surface area contributed by atoms with Gasteiger partial charge in [-0.05, 0) is 42.0 Å². The molecule has 0 amide bonds. The minimum atomic E-state index is -0.324. The van der Waals surface area contributed by atoms with E-state index in [9.17, 15) is 4.79 Å². The largest absolute Gasteiger partial charge is 0.295 e. The Morgan fingerprint density at radius 3 is 2.94 bits per heavy atom. The smallest absolute Gasteiger partial charge is 0.158 e. The fourth-order valence-corrected chi connectivity index (χ4v) is 2.10. The average Bonchev–Trinajstić information content (AvgIpc) is 2.69. The van der Waals surface area contributed by atoms with Crippen LogP contribution in [-0.4, -0.2) is 5.78 Å². The molecule has 0 N–H and O–H groups in total. The third kappa shape index (κ3) is 2.73. The first kappa shape index (κ1) is 10.5. The molecule has 1 aliphatic rings. The van der Waals surface area contributed by atoms with Crippen molar-refractivity contribution < 1.29 is 6.17 Å². The van der Waals surface area contributed by atoms with Gasteiger partial charge in [-0.25, -0.2) is 0 Å². The van der Waals surface area contributed by atoms with Crippen LogP contribution in [0.2, 0.25) is 0 Å². The molecule has 88 valence electrons. The van der Waals surface area contributed by atoms with E-state index in [-0.39, 0.29) is 12.2 Å². The lowest BCUT2D eigenvalue weighted by Crippen LogP contribution is -1.98. The van der Waals surface area contributed by atoms with E-state index in [0.29, 0.717) is 6.42 Å². The number of rotatable bonds is 4. The van der Waals surface area contributed by atoms with E-state index in [1.165, 1.54) is 16.7 Å². The van der Waals surface area contributed by atoms with Gasteiger partial charge in [-0.15, -0.1) is 0 Å². The molecule has 1 aromatic carbocycles. The minimum Gasteiger partial charge on any atom is -0.295 e. The van der Waals surface area contributed by atoms with Crippen molar-refractivity contribution in [2.75, 3.05) is 0 Å². The number of carbonyl (C=O) groups is 1. The van der Waals surface area contributed by atoms with E-state index >= 15 is 0 Å². The zero-order chi connectivity index (χ0) is 13.1. The first-order valence-corrected chi connectivity index (χ1v) is 5.98. The molecule has 0 spiro atoms. The fraction of sp³-hybridized carbons (Fsp3) is 0.312. The summed E-state index contributed by atoms with van der Waals surface area (Å²) in [6, 6.07) is 8.29. The van der Waals surface area contributed by atoms with Gasteiger partial charge in [0.05, 0.1) is 0 Å². The van der Waals surface area contributed by atoms with Crippen LogP contribution in [-0.2, 0) is 11.2 Å². The molecule has 1 unspecified atom stereocenters. The predicted octanol–water partition coefficient (Wildman–Crippen LogP) is 3.94. The summed E-state index contributed by atoms with van der Waals surface area (Å²) < 4.78 is 7.43. The molecule has 1 nitrogen and oxygen atoms in total. The number of carbonyl (C=O) groups excluding carboxylic acids is 1. The van der Waals surface area contributed by atoms with Gasteiger partial charge in [-0.2, -0.15) is 0 Å². The summed E-state index contributed by atoms with van der Waals surface area (Å²) in [5.74, 6) is 0.0781. The topological polar surface area (TPSA) is 17.1 Å². The van der Waals surface area contributed by atoms with Crippen LogP contribution in [0.1, 0.15) is 39.2 Å². The Labute approximate surface area is 104 Å². The quantitative estimate of drug-likeness (QED) is 0.713. The molecule has 2 rings (SSSR count). The van der Waals surface area contributed by atoms with Crippen LogP contribution >= 0.6 is 0 Å². The number of Topliss-reactive ketones (excluding diaryl/α,β-unsaturated/α-hetero) is 1. The molecular weight excluding hydrogens is 208 g/mol. The summed E-state index contributed by atoms with van der Waals surface area (Å²) in [6.45, 7) is 3.59. The van der Waals surface area contributed by atoms with E-state index in [2.05, 4.69) is 18.2 Å². The molecule has 0 aromatic heterocycles. The van der Waals surface area contributed by atoms with Crippen molar-refractivity contribution in [2.24, 2.45) is 0 Å². The number of fused-ring (bicyclic) bond motifs is 1. The molecule has 0 saturated heterocycles. The Morgan fingerprint density at radius 2 is 2.24 bits per heavy atom. The van der Waals surface area contributed by atoms with Crippen LogP contribution in [0.25, 0.3) is 6.08 Å². The highest BCUT2D eigenvalue weighted by Crippen LogP contribution is 2.26. The first-order valence-electron chi connectivity index (χ1n) is 6.56. The molecule has 1 atom stereocenters. The Bertz CT molecular complexity index is 524. The van der Waals surface area contributed by atoms with Crippen LogP contribution < -0.4 is 0 Å². The molecule has 17 heavy (non-hydrogen) atoms. The second-order valence-corrected chi connectivity index (χ2v) is 4.46. The van der Waals surface area contributed by atoms with Gasteiger partial charge in [-0.3, -0.25) is 4.79 Å². The van der Waals surface area contributed by atoms with Crippen molar-refractivity contribution in [1.29, 1.82) is 0 Å². The lowest BCUT2D eigenvalue weighted by molar-refractivity contribution is -0.115. The molecule has 1 aromatic rings. The Hall–Kier alpha value is -1.63. The molecule has 1 heteroatoms. The first-order chi connectivity index (χ1) is 8.56. The lowest BCUT2D eigenvalue weighted by Gasteiger charge is -2.00. The standard InChI is InChI=1S/C16H18O/c1-3-6-16(17)12(2)9-13-10-14-7-4-5-8-15(14)11-13/h4-5,7-10H,3,6,11H2,1-2H3/b12-9+/i3T. The van der Waals surface area contributed by atoms with Crippen molar-refractivity contribution in [3.8, 4) is 0 Å². The van der Waals surface area contributed by atoms with E-state index in [4.69, 9.17) is 1.37 Å². The molecular formula is C16H18O. The highest BCUT2D eigenvalue weighted by atomic mass is 16.1. The molecule has 0 aliphatic heterocycles. The van der Waals surface area contributed by atoms with E-state index in [1.54, 1.807) is 6.92 Å². The minimum absolute atomic E-state index is 0.0781. The third-order valence-electron chi connectivity index (χ3n) is 3.02. The van der Waals surface area contributed by atoms with Crippen LogP contribution in [0.5, 0.6) is 0 Å². The summed E-state index contributed by atoms with van der Waals surface area (Å²) >= 11 is 0. The molecule has 1 aliphatic carbocycles. The second kappa shape index (κ2) is 5.13. The molecule has 0 fully saturated rings. The SMILES string of the molecule is [3H]C(C)CC(=O)/C(C)=C/C1=Cc2ccccc2C1. The molecule has 0 radical (unpaired) electrons. The van der Waals surface area contributed by atoms with Crippen LogP contribution in [0.4, 0.5) is 0 Å². The zero-order valence-corrected chi connectivity index (χ0v) is 10.4. The monoisotopic (exact) mass is 228 g/mol. The Balaban J connectivity index is 2.10. The molecule has 0 bridgehead atoms. The number of hydrogen-bond acceptors (Lipinski definition) is 1. The average molecular weight is 228 g/mol. The number of ketones is 1. The van der Waals surface area contributed by atoms with Crippen molar-refractivity contribution in [2.45, 2.75) is 33.1 Å². The highest BCUT2D eigenvalue weighted by molar-refractivity contribution is 5.95. The maximum atomic E-state index is 11.8. The molecule has 0 saturated carbocycles. The third-order valence-corrected chi connectivity index (χ3v) is 3.02. The lowest BCUT2D eigenvalue weighted by atomic mass is 10.0. The van der Waals surface area contributed by atoms with Gasteiger partial charge in [0.1, 0.15) is 0 Å². The van der Waals surface area contributed by atoms with Crippen molar-refractivity contribution >= 4 is 11.9 Å². The van der Waals surface area contributed by atoms with E-state index in [0.717, 1.165) is 12.0 Å². The zero-order valence-electron chi connectivity index (χ0n) is 11.4. The maximum Gasteiger partial charge on any atom is 0.158 e. The van der Waals surface area contributed by atoms with Gasteiger partial charge in [-0.1, -0.05) is 43.3 Å². The van der Waals surface area contributed by atoms with Gasteiger partial charge in [0.2, 0.25) is 0 Å².